The molecule has 0 radical (unpaired) electrons. The molecule has 0 fully saturated rings. The van der Waals surface area contributed by atoms with Gasteiger partial charge in [-0.3, -0.25) is 0 Å². The topological polar surface area (TPSA) is 66.5 Å². The van der Waals surface area contributed by atoms with Crippen LogP contribution in [0, 0.1) is 5.92 Å². The molecule has 3 heteroatoms. The molecule has 20 heavy (non-hydrogen) atoms. The number of allylic oxidation sites excluding steroid dienone is 1. The highest BCUT2D eigenvalue weighted by Crippen LogP contribution is 2.14. The summed E-state index contributed by atoms with van der Waals surface area (Å²) in [6.45, 7) is 4.42. The second-order valence-corrected chi connectivity index (χ2v) is 5.98. The van der Waals surface area contributed by atoms with Crippen LogP contribution in [0.3, 0.4) is 0 Å². The number of nitrogens with two attached hydrogens (primary N) is 1. The molecule has 1 unspecified atom stereocenters. The molecule has 0 amide bonds. The molecular formula is C17H35NO2. The molecule has 0 saturated carbocycles. The van der Waals surface area contributed by atoms with Crippen molar-refractivity contribution in [3.8, 4) is 0 Å². The SMILES string of the molecule is CCC(C)CCCCCCCC/C=C/[C@@H](O)[C@@H](N)CO. The molecular weight excluding hydrogens is 250 g/mol. The van der Waals surface area contributed by atoms with E-state index in [1.807, 2.05) is 6.08 Å². The van der Waals surface area contributed by atoms with Gasteiger partial charge in [0.1, 0.15) is 0 Å². The van der Waals surface area contributed by atoms with Crippen molar-refractivity contribution in [2.75, 3.05) is 6.61 Å². The third kappa shape index (κ3) is 11.4. The standard InChI is InChI=1S/C17H35NO2/c1-3-15(2)12-10-8-6-4-5-7-9-11-13-17(20)16(18)14-19/h11,13,15-17,19-20H,3-10,12,14,18H2,1-2H3/b13-11+/t15?,16-,17+/m0/s1. The summed E-state index contributed by atoms with van der Waals surface area (Å²) in [7, 11) is 0. The zero-order valence-electron chi connectivity index (χ0n) is 13.4. The van der Waals surface area contributed by atoms with Gasteiger partial charge in [-0.1, -0.05) is 70.9 Å². The maximum Gasteiger partial charge on any atom is 0.0894 e. The maximum atomic E-state index is 9.51. The molecule has 0 aromatic carbocycles. The first-order valence-electron chi connectivity index (χ1n) is 8.33. The van der Waals surface area contributed by atoms with E-state index in [1.54, 1.807) is 6.08 Å². The smallest absolute Gasteiger partial charge is 0.0894 e. The van der Waals surface area contributed by atoms with Crippen LogP contribution < -0.4 is 5.73 Å². The van der Waals surface area contributed by atoms with Crippen LogP contribution in [0.1, 0.15) is 71.6 Å². The number of hydrogen-bond donors (Lipinski definition) is 3. The van der Waals surface area contributed by atoms with Crippen LogP contribution >= 0.6 is 0 Å². The predicted molar refractivity (Wildman–Crippen MR) is 86.6 cm³/mol. The Bertz CT molecular complexity index is 231. The molecule has 0 aromatic heterocycles. The minimum atomic E-state index is -0.722. The van der Waals surface area contributed by atoms with Crippen molar-refractivity contribution >= 4 is 0 Å². The zero-order chi connectivity index (χ0) is 15.2. The summed E-state index contributed by atoms with van der Waals surface area (Å²) in [5, 5.41) is 18.3. The van der Waals surface area contributed by atoms with Crippen LogP contribution in [0.25, 0.3) is 0 Å². The molecule has 0 rings (SSSR count). The molecule has 0 spiro atoms. The van der Waals surface area contributed by atoms with Gasteiger partial charge >= 0.3 is 0 Å². The van der Waals surface area contributed by atoms with Gasteiger partial charge in [-0.15, -0.1) is 0 Å². The van der Waals surface area contributed by atoms with Crippen LogP contribution in [0.4, 0.5) is 0 Å². The van der Waals surface area contributed by atoms with E-state index in [1.165, 1.54) is 51.4 Å². The first-order chi connectivity index (χ1) is 9.61. The normalized spacial score (nSPS) is 16.4. The van der Waals surface area contributed by atoms with Crippen molar-refractivity contribution in [2.24, 2.45) is 11.7 Å². The van der Waals surface area contributed by atoms with Crippen molar-refractivity contribution in [3.63, 3.8) is 0 Å². The second-order valence-electron chi connectivity index (χ2n) is 5.98. The first-order valence-corrected chi connectivity index (χ1v) is 8.33. The molecule has 0 aromatic rings. The van der Waals surface area contributed by atoms with Crippen LogP contribution in [0.2, 0.25) is 0 Å². The van der Waals surface area contributed by atoms with Gasteiger partial charge in [0.2, 0.25) is 0 Å². The summed E-state index contributed by atoms with van der Waals surface area (Å²) in [4.78, 5) is 0. The van der Waals surface area contributed by atoms with Gasteiger partial charge in [0, 0.05) is 0 Å². The van der Waals surface area contributed by atoms with E-state index in [2.05, 4.69) is 13.8 Å². The number of aliphatic hydroxyl groups excluding tert-OH is 2. The van der Waals surface area contributed by atoms with Gasteiger partial charge in [0.25, 0.3) is 0 Å². The second kappa shape index (κ2) is 13.6. The molecule has 0 bridgehead atoms. The molecule has 0 aliphatic carbocycles. The average Bonchev–Trinajstić information content (AvgIpc) is 2.47. The van der Waals surface area contributed by atoms with E-state index in [4.69, 9.17) is 10.8 Å². The zero-order valence-corrected chi connectivity index (χ0v) is 13.4. The number of unbranched alkanes of at least 4 members (excludes halogenated alkanes) is 6. The molecule has 0 saturated heterocycles. The summed E-state index contributed by atoms with van der Waals surface area (Å²) >= 11 is 0. The Hall–Kier alpha value is -0.380. The molecule has 3 nitrogen and oxygen atoms in total. The lowest BCUT2D eigenvalue weighted by molar-refractivity contribution is 0.144. The van der Waals surface area contributed by atoms with Crippen molar-refractivity contribution < 1.29 is 10.2 Å². The first kappa shape index (κ1) is 19.6. The summed E-state index contributed by atoms with van der Waals surface area (Å²) < 4.78 is 0. The van der Waals surface area contributed by atoms with E-state index < -0.39 is 12.1 Å². The van der Waals surface area contributed by atoms with Gasteiger partial charge < -0.3 is 15.9 Å². The van der Waals surface area contributed by atoms with Gasteiger partial charge in [-0.2, -0.15) is 0 Å². The Morgan fingerprint density at radius 1 is 1.05 bits per heavy atom. The Morgan fingerprint density at radius 3 is 2.25 bits per heavy atom. The van der Waals surface area contributed by atoms with Crippen molar-refractivity contribution in [2.45, 2.75) is 83.8 Å². The largest absolute Gasteiger partial charge is 0.395 e. The predicted octanol–water partition coefficient (Wildman–Crippen LogP) is 3.39. The quantitative estimate of drug-likeness (QED) is 0.359. The lowest BCUT2D eigenvalue weighted by atomic mass is 10.00. The van der Waals surface area contributed by atoms with Crippen LogP contribution in [-0.4, -0.2) is 29.0 Å². The molecule has 0 aliphatic heterocycles. The summed E-state index contributed by atoms with van der Waals surface area (Å²) in [6, 6.07) is -0.559. The van der Waals surface area contributed by atoms with Gasteiger partial charge in [-0.05, 0) is 18.8 Å². The van der Waals surface area contributed by atoms with Gasteiger partial charge in [0.05, 0.1) is 18.8 Å². The maximum absolute atomic E-state index is 9.51. The summed E-state index contributed by atoms with van der Waals surface area (Å²) in [5.74, 6) is 0.886. The number of rotatable bonds is 13. The fraction of sp³-hybridized carbons (Fsp3) is 0.882. The highest BCUT2D eigenvalue weighted by Gasteiger charge is 2.08. The van der Waals surface area contributed by atoms with E-state index in [0.717, 1.165) is 12.3 Å². The summed E-state index contributed by atoms with van der Waals surface area (Å²) in [6.07, 6.45) is 14.5. The fourth-order valence-corrected chi connectivity index (χ4v) is 2.15. The molecule has 0 aliphatic rings. The molecule has 4 N–H and O–H groups in total. The van der Waals surface area contributed by atoms with E-state index in [0.29, 0.717) is 0 Å². The minimum Gasteiger partial charge on any atom is -0.395 e. The monoisotopic (exact) mass is 285 g/mol. The third-order valence-electron chi connectivity index (χ3n) is 4.00. The Kier molecular flexibility index (Phi) is 13.3. The van der Waals surface area contributed by atoms with Crippen LogP contribution in [-0.2, 0) is 0 Å². The average molecular weight is 285 g/mol. The fourth-order valence-electron chi connectivity index (χ4n) is 2.15. The Morgan fingerprint density at radius 2 is 1.65 bits per heavy atom. The molecule has 3 atom stereocenters. The Balaban J connectivity index is 3.30. The van der Waals surface area contributed by atoms with Crippen molar-refractivity contribution in [1.29, 1.82) is 0 Å². The molecule has 0 heterocycles. The van der Waals surface area contributed by atoms with Gasteiger partial charge in [-0.25, -0.2) is 0 Å². The van der Waals surface area contributed by atoms with Gasteiger partial charge in [0.15, 0.2) is 0 Å². The highest BCUT2D eigenvalue weighted by molar-refractivity contribution is 4.93. The van der Waals surface area contributed by atoms with Crippen molar-refractivity contribution in [1.82, 2.24) is 0 Å². The minimum absolute atomic E-state index is 0.178. The highest BCUT2D eigenvalue weighted by atomic mass is 16.3. The summed E-state index contributed by atoms with van der Waals surface area (Å²) in [5.41, 5.74) is 5.51. The van der Waals surface area contributed by atoms with Crippen molar-refractivity contribution in [3.05, 3.63) is 12.2 Å². The number of aliphatic hydroxyl groups is 2. The van der Waals surface area contributed by atoms with E-state index in [9.17, 15) is 5.11 Å². The lowest BCUT2D eigenvalue weighted by Gasteiger charge is -2.11. The van der Waals surface area contributed by atoms with E-state index >= 15 is 0 Å². The Labute approximate surface area is 125 Å². The molecule has 120 valence electrons. The van der Waals surface area contributed by atoms with Crippen LogP contribution in [0.15, 0.2) is 12.2 Å². The van der Waals surface area contributed by atoms with Crippen LogP contribution in [0.5, 0.6) is 0 Å². The van der Waals surface area contributed by atoms with E-state index in [-0.39, 0.29) is 6.61 Å². The third-order valence-corrected chi connectivity index (χ3v) is 4.00. The number of hydrogen-bond acceptors (Lipinski definition) is 3. The lowest BCUT2D eigenvalue weighted by Crippen LogP contribution is -2.36.